The van der Waals surface area contributed by atoms with Crippen molar-refractivity contribution in [1.82, 2.24) is 4.90 Å². The van der Waals surface area contributed by atoms with Gasteiger partial charge in [-0.15, -0.1) is 11.8 Å². The molecular weight excluding hydrogens is 196 g/mol. The van der Waals surface area contributed by atoms with Gasteiger partial charge < -0.3 is 10.3 Å². The summed E-state index contributed by atoms with van der Waals surface area (Å²) in [5, 5.41) is 7.12. The second-order valence-electron chi connectivity index (χ2n) is 3.82. The monoisotopic (exact) mass is 212 g/mol. The Morgan fingerprint density at radius 1 is 1.86 bits per heavy atom. The maximum atomic E-state index is 11.5. The summed E-state index contributed by atoms with van der Waals surface area (Å²) in [4.78, 5) is 13.4. The highest BCUT2D eigenvalue weighted by molar-refractivity contribution is 8.01. The molecule has 1 atom stereocenters. The van der Waals surface area contributed by atoms with E-state index in [2.05, 4.69) is 20.4 Å². The molecule has 0 aliphatic carbocycles. The molecule has 0 aromatic heterocycles. The summed E-state index contributed by atoms with van der Waals surface area (Å²) < 4.78 is 0. The predicted octanol–water partition coefficient (Wildman–Crippen LogP) is 1.75. The highest BCUT2D eigenvalue weighted by Gasteiger charge is 2.32. The van der Waals surface area contributed by atoms with Crippen LogP contribution >= 0.6 is 11.8 Å². The highest BCUT2D eigenvalue weighted by atomic mass is 32.2. The van der Waals surface area contributed by atoms with Crippen molar-refractivity contribution in [2.75, 3.05) is 12.3 Å². The molecule has 78 valence electrons. The second-order valence-corrected chi connectivity index (χ2v) is 4.89. The van der Waals surface area contributed by atoms with E-state index in [-0.39, 0.29) is 11.3 Å². The smallest absolute Gasteiger partial charge is 0.233 e. The van der Waals surface area contributed by atoms with Crippen LogP contribution in [0.3, 0.4) is 0 Å². The van der Waals surface area contributed by atoms with Gasteiger partial charge in [-0.1, -0.05) is 20.4 Å². The Hall–Kier alpha value is -0.770. The van der Waals surface area contributed by atoms with Crippen LogP contribution in [0.5, 0.6) is 0 Å². The van der Waals surface area contributed by atoms with Gasteiger partial charge in [-0.3, -0.25) is 4.79 Å². The number of nitrogens with zero attached hydrogens (tertiary/aromatic N) is 1. The molecular formula is C10H16N2OS. The minimum Gasteiger partial charge on any atom is -0.326 e. The average Bonchev–Trinajstić information content (AvgIpc) is 2.46. The lowest BCUT2D eigenvalue weighted by Gasteiger charge is -2.25. The molecule has 3 nitrogen and oxygen atoms in total. The summed E-state index contributed by atoms with van der Waals surface area (Å²) in [5.41, 5.74) is 0.710. The molecule has 0 aromatic carbocycles. The summed E-state index contributed by atoms with van der Waals surface area (Å²) in [5.74, 6) is 1.14. The van der Waals surface area contributed by atoms with E-state index >= 15 is 0 Å². The van der Waals surface area contributed by atoms with Crippen LogP contribution in [-0.2, 0) is 4.79 Å². The first-order valence-electron chi connectivity index (χ1n) is 4.66. The minimum atomic E-state index is -0.0117. The molecule has 1 aliphatic heterocycles. The lowest BCUT2D eigenvalue weighted by Crippen LogP contribution is -2.36. The number of thioether (sulfide) groups is 1. The number of carbonyl (C=O) groups excluding carboxylic acids is 1. The maximum absolute atomic E-state index is 11.5. The summed E-state index contributed by atoms with van der Waals surface area (Å²) in [6.45, 7) is 8.71. The Balaban J connectivity index is 2.71. The standard InChI is InChI=1S/C10H16N2OS/c1-7(2)5-12-9(13)6-14-10(12)8(3)4-11/h4,7,10-11H,3,5-6H2,1-2H3. The molecule has 14 heavy (non-hydrogen) atoms. The summed E-state index contributed by atoms with van der Waals surface area (Å²) in [7, 11) is 0. The van der Waals surface area contributed by atoms with Crippen LogP contribution in [0.4, 0.5) is 0 Å². The molecule has 0 saturated carbocycles. The molecule has 0 spiro atoms. The van der Waals surface area contributed by atoms with Crippen molar-refractivity contribution in [3.8, 4) is 0 Å². The Morgan fingerprint density at radius 2 is 2.50 bits per heavy atom. The lowest BCUT2D eigenvalue weighted by molar-refractivity contribution is -0.127. The average molecular weight is 212 g/mol. The Morgan fingerprint density at radius 3 is 3.00 bits per heavy atom. The largest absolute Gasteiger partial charge is 0.326 e. The highest BCUT2D eigenvalue weighted by Crippen LogP contribution is 2.29. The minimum absolute atomic E-state index is 0.0117. The quantitative estimate of drug-likeness (QED) is 0.721. The molecule has 1 unspecified atom stereocenters. The van der Waals surface area contributed by atoms with Crippen molar-refractivity contribution >= 4 is 23.9 Å². The number of hydrogen-bond donors (Lipinski definition) is 1. The van der Waals surface area contributed by atoms with Crippen molar-refractivity contribution in [3.63, 3.8) is 0 Å². The van der Waals surface area contributed by atoms with Gasteiger partial charge in [0.25, 0.3) is 0 Å². The van der Waals surface area contributed by atoms with Crippen LogP contribution in [-0.4, -0.2) is 34.7 Å². The fourth-order valence-corrected chi connectivity index (χ4v) is 2.56. The van der Waals surface area contributed by atoms with Crippen molar-refractivity contribution in [2.45, 2.75) is 19.2 Å². The summed E-state index contributed by atoms with van der Waals surface area (Å²) in [6.07, 6.45) is 1.24. The van der Waals surface area contributed by atoms with Gasteiger partial charge in [-0.25, -0.2) is 0 Å². The molecule has 1 fully saturated rings. The first-order valence-corrected chi connectivity index (χ1v) is 5.71. The van der Waals surface area contributed by atoms with Gasteiger partial charge in [-0.2, -0.15) is 0 Å². The van der Waals surface area contributed by atoms with Gasteiger partial charge in [0.05, 0.1) is 5.75 Å². The number of carbonyl (C=O) groups is 1. The topological polar surface area (TPSA) is 44.2 Å². The first kappa shape index (κ1) is 11.3. The lowest BCUT2D eigenvalue weighted by atomic mass is 10.2. The molecule has 0 radical (unpaired) electrons. The summed E-state index contributed by atoms with van der Waals surface area (Å²) in [6, 6.07) is 0. The van der Waals surface area contributed by atoms with E-state index in [0.717, 1.165) is 6.54 Å². The van der Waals surface area contributed by atoms with Crippen LogP contribution in [0.15, 0.2) is 12.2 Å². The zero-order valence-corrected chi connectivity index (χ0v) is 9.43. The maximum Gasteiger partial charge on any atom is 0.233 e. The molecule has 0 aromatic rings. The molecule has 1 rings (SSSR count). The molecule has 1 amide bonds. The van der Waals surface area contributed by atoms with Gasteiger partial charge in [-0.05, 0) is 11.5 Å². The third kappa shape index (κ3) is 2.38. The molecule has 1 saturated heterocycles. The number of amides is 1. The van der Waals surface area contributed by atoms with Crippen molar-refractivity contribution < 1.29 is 4.79 Å². The van der Waals surface area contributed by atoms with Gasteiger partial charge in [0.1, 0.15) is 5.37 Å². The van der Waals surface area contributed by atoms with Crippen molar-refractivity contribution in [1.29, 1.82) is 5.41 Å². The fraction of sp³-hybridized carbons (Fsp3) is 0.600. The zero-order valence-electron chi connectivity index (χ0n) is 8.62. The van der Waals surface area contributed by atoms with Crippen LogP contribution in [0.1, 0.15) is 13.8 Å². The third-order valence-electron chi connectivity index (χ3n) is 2.03. The Kier molecular flexibility index (Phi) is 3.75. The Labute approximate surface area is 89.1 Å². The summed E-state index contributed by atoms with van der Waals surface area (Å²) >= 11 is 1.56. The molecule has 1 aliphatic rings. The van der Waals surface area contributed by atoms with Crippen molar-refractivity contribution in [3.05, 3.63) is 12.2 Å². The van der Waals surface area contributed by atoms with Gasteiger partial charge in [0.15, 0.2) is 0 Å². The van der Waals surface area contributed by atoms with Crippen LogP contribution in [0.25, 0.3) is 0 Å². The van der Waals surface area contributed by atoms with Gasteiger partial charge >= 0.3 is 0 Å². The number of hydrogen-bond acceptors (Lipinski definition) is 3. The fourth-order valence-electron chi connectivity index (χ4n) is 1.42. The number of nitrogens with one attached hydrogen (secondary N) is 1. The number of rotatable bonds is 4. The normalized spacial score (nSPS) is 21.8. The van der Waals surface area contributed by atoms with Crippen LogP contribution < -0.4 is 0 Å². The van der Waals surface area contributed by atoms with Crippen molar-refractivity contribution in [2.24, 2.45) is 5.92 Å². The third-order valence-corrected chi connectivity index (χ3v) is 3.32. The van der Waals surface area contributed by atoms with E-state index in [1.54, 1.807) is 11.8 Å². The first-order chi connectivity index (χ1) is 6.56. The molecule has 1 N–H and O–H groups in total. The second kappa shape index (κ2) is 4.64. The Bertz CT molecular complexity index is 263. The predicted molar refractivity (Wildman–Crippen MR) is 60.7 cm³/mol. The van der Waals surface area contributed by atoms with Crippen LogP contribution in [0, 0.1) is 11.3 Å². The van der Waals surface area contributed by atoms with E-state index in [9.17, 15) is 4.79 Å². The molecule has 4 heteroatoms. The van der Waals surface area contributed by atoms with E-state index in [1.165, 1.54) is 6.21 Å². The van der Waals surface area contributed by atoms with E-state index in [0.29, 0.717) is 17.2 Å². The van der Waals surface area contributed by atoms with Crippen LogP contribution in [0.2, 0.25) is 0 Å². The van der Waals surface area contributed by atoms with Gasteiger partial charge in [0, 0.05) is 12.8 Å². The van der Waals surface area contributed by atoms with E-state index in [4.69, 9.17) is 5.41 Å². The van der Waals surface area contributed by atoms with E-state index in [1.807, 2.05) is 4.90 Å². The van der Waals surface area contributed by atoms with E-state index < -0.39 is 0 Å². The zero-order chi connectivity index (χ0) is 10.7. The molecule has 0 bridgehead atoms. The molecule has 1 heterocycles. The SMILES string of the molecule is C=C(C=N)C1SCC(=O)N1CC(C)C. The van der Waals surface area contributed by atoms with Gasteiger partial charge in [0.2, 0.25) is 5.91 Å².